The van der Waals surface area contributed by atoms with Crippen LogP contribution in [0, 0.1) is 26.7 Å². The van der Waals surface area contributed by atoms with E-state index in [4.69, 9.17) is 4.74 Å². The Kier molecular flexibility index (Phi) is 9.26. The maximum atomic E-state index is 6.60. The molecule has 0 spiro atoms. The molecule has 0 bridgehead atoms. The summed E-state index contributed by atoms with van der Waals surface area (Å²) in [5.74, 6) is 1.99. The van der Waals surface area contributed by atoms with E-state index >= 15 is 0 Å². The average Bonchev–Trinajstić information content (AvgIpc) is 2.67. The summed E-state index contributed by atoms with van der Waals surface area (Å²) in [5, 5.41) is 0. The van der Waals surface area contributed by atoms with E-state index in [1.807, 2.05) is 0 Å². The van der Waals surface area contributed by atoms with Crippen molar-refractivity contribution in [2.45, 2.75) is 119 Å². The van der Waals surface area contributed by atoms with Gasteiger partial charge in [-0.25, -0.2) is 0 Å². The Hall–Kier alpha value is -1.50. The summed E-state index contributed by atoms with van der Waals surface area (Å²) in [7, 11) is 0. The minimum atomic E-state index is -0.0321. The summed E-state index contributed by atoms with van der Waals surface area (Å²) in [4.78, 5) is 0. The fourth-order valence-corrected chi connectivity index (χ4v) is 4.60. The van der Waals surface area contributed by atoms with Crippen molar-refractivity contribution in [1.29, 1.82) is 0 Å². The number of fused-ring (bicyclic) bond motifs is 1. The Bertz CT molecular complexity index is 763. The molecule has 1 aromatic carbocycles. The molecular weight excluding hydrogens is 364 g/mol. The van der Waals surface area contributed by atoms with Gasteiger partial charge in [-0.1, -0.05) is 42.7 Å². The number of hydrogen-bond donors (Lipinski definition) is 0. The van der Waals surface area contributed by atoms with E-state index in [2.05, 4.69) is 73.6 Å². The smallest absolute Gasteiger partial charge is 0.126 e. The van der Waals surface area contributed by atoms with Gasteiger partial charge in [0.25, 0.3) is 0 Å². The predicted molar refractivity (Wildman–Crippen MR) is 133 cm³/mol. The first-order chi connectivity index (χ1) is 14.1. The topological polar surface area (TPSA) is 9.23 Å². The largest absolute Gasteiger partial charge is 0.487 e. The normalized spacial score (nSPS) is 19.8. The van der Waals surface area contributed by atoms with Gasteiger partial charge in [0.2, 0.25) is 0 Å². The predicted octanol–water partition coefficient (Wildman–Crippen LogP) is 8.97. The molecule has 1 aliphatic rings. The zero-order valence-corrected chi connectivity index (χ0v) is 21.1. The molecule has 2 rings (SSSR count). The molecule has 0 fully saturated rings. The van der Waals surface area contributed by atoms with Crippen LogP contribution in [0.1, 0.15) is 108 Å². The lowest BCUT2D eigenvalue weighted by Crippen LogP contribution is -2.36. The van der Waals surface area contributed by atoms with Crippen molar-refractivity contribution in [1.82, 2.24) is 0 Å². The van der Waals surface area contributed by atoms with Crippen LogP contribution in [-0.4, -0.2) is 5.60 Å². The molecule has 0 radical (unpaired) electrons. The molecule has 30 heavy (non-hydrogen) atoms. The van der Waals surface area contributed by atoms with Gasteiger partial charge in [-0.05, 0) is 128 Å². The van der Waals surface area contributed by atoms with E-state index in [-0.39, 0.29) is 5.60 Å². The first-order valence-electron chi connectivity index (χ1n) is 12.2. The third kappa shape index (κ3) is 7.33. The summed E-state index contributed by atoms with van der Waals surface area (Å²) in [6.45, 7) is 18.1. The molecular formula is C29H46O. The molecule has 1 heterocycles. The van der Waals surface area contributed by atoms with Crippen LogP contribution in [0.3, 0.4) is 0 Å². The maximum Gasteiger partial charge on any atom is 0.126 e. The molecule has 1 heteroatoms. The van der Waals surface area contributed by atoms with E-state index in [0.717, 1.165) is 37.4 Å². The molecule has 1 aromatic rings. The number of benzene rings is 1. The molecule has 0 amide bonds. The highest BCUT2D eigenvalue weighted by Gasteiger charge is 2.32. The number of aryl methyl sites for hydroxylation is 2. The van der Waals surface area contributed by atoms with Crippen LogP contribution in [-0.2, 0) is 6.42 Å². The zero-order chi connectivity index (χ0) is 22.3. The number of hydrogen-bond acceptors (Lipinski definition) is 1. The standard InChI is InChI=1S/C29H46O/c1-21(2)12-9-13-22(3)14-10-15-23(4)16-11-18-29(8)19-17-27-20-24(5)25(6)26(7)28(27)30-29/h12,16,20,22H,9-11,13-15,17-19H2,1-8H3/b23-16+/t22-,29+/m0/s1. The van der Waals surface area contributed by atoms with Crippen LogP contribution in [0.15, 0.2) is 29.4 Å². The second-order valence-electron chi connectivity index (χ2n) is 10.4. The highest BCUT2D eigenvalue weighted by molar-refractivity contribution is 5.50. The number of allylic oxidation sites excluding steroid dienone is 4. The van der Waals surface area contributed by atoms with Gasteiger partial charge >= 0.3 is 0 Å². The monoisotopic (exact) mass is 410 g/mol. The Balaban J connectivity index is 1.78. The van der Waals surface area contributed by atoms with Crippen molar-refractivity contribution in [2.24, 2.45) is 5.92 Å². The summed E-state index contributed by atoms with van der Waals surface area (Å²) in [6.07, 6.45) is 15.8. The molecule has 1 nitrogen and oxygen atoms in total. The minimum Gasteiger partial charge on any atom is -0.487 e. The molecule has 1 aliphatic heterocycles. The third-order valence-corrected chi connectivity index (χ3v) is 7.09. The van der Waals surface area contributed by atoms with Crippen LogP contribution < -0.4 is 4.74 Å². The molecule has 0 aliphatic carbocycles. The van der Waals surface area contributed by atoms with E-state index in [9.17, 15) is 0 Å². The summed E-state index contributed by atoms with van der Waals surface area (Å²) < 4.78 is 6.60. The van der Waals surface area contributed by atoms with E-state index in [1.54, 1.807) is 5.57 Å². The number of rotatable bonds is 10. The Morgan fingerprint density at radius 3 is 2.50 bits per heavy atom. The molecule has 0 N–H and O–H groups in total. The van der Waals surface area contributed by atoms with E-state index < -0.39 is 0 Å². The van der Waals surface area contributed by atoms with Crippen molar-refractivity contribution < 1.29 is 4.74 Å². The van der Waals surface area contributed by atoms with Gasteiger partial charge in [0.05, 0.1) is 0 Å². The van der Waals surface area contributed by atoms with Gasteiger partial charge in [-0.3, -0.25) is 0 Å². The summed E-state index contributed by atoms with van der Waals surface area (Å²) in [6, 6.07) is 2.34. The average molecular weight is 411 g/mol. The van der Waals surface area contributed by atoms with Crippen LogP contribution in [0.25, 0.3) is 0 Å². The second-order valence-corrected chi connectivity index (χ2v) is 10.4. The van der Waals surface area contributed by atoms with Crippen molar-refractivity contribution >= 4 is 0 Å². The minimum absolute atomic E-state index is 0.0321. The highest BCUT2D eigenvalue weighted by Crippen LogP contribution is 2.40. The van der Waals surface area contributed by atoms with Gasteiger partial charge in [0, 0.05) is 0 Å². The summed E-state index contributed by atoms with van der Waals surface area (Å²) >= 11 is 0. The van der Waals surface area contributed by atoms with Crippen LogP contribution in [0.4, 0.5) is 0 Å². The lowest BCUT2D eigenvalue weighted by molar-refractivity contribution is 0.0562. The first kappa shape index (κ1) is 24.8. The first-order valence-corrected chi connectivity index (χ1v) is 12.2. The SMILES string of the molecule is CC(C)=CCC[C@H](C)CCC/C(C)=C/CC[C@]1(C)CCc2cc(C)c(C)c(C)c2O1. The maximum absolute atomic E-state index is 6.60. The lowest BCUT2D eigenvalue weighted by Gasteiger charge is -2.37. The number of ether oxygens (including phenoxy) is 1. The Labute approximate surface area is 187 Å². The van der Waals surface area contributed by atoms with E-state index in [1.165, 1.54) is 59.9 Å². The third-order valence-electron chi connectivity index (χ3n) is 7.09. The lowest BCUT2D eigenvalue weighted by atomic mass is 9.86. The molecule has 0 unspecified atom stereocenters. The fourth-order valence-electron chi connectivity index (χ4n) is 4.60. The van der Waals surface area contributed by atoms with Crippen molar-refractivity contribution in [3.63, 3.8) is 0 Å². The van der Waals surface area contributed by atoms with Crippen molar-refractivity contribution in [2.75, 3.05) is 0 Å². The molecule has 0 saturated carbocycles. The van der Waals surface area contributed by atoms with Gasteiger partial charge < -0.3 is 4.74 Å². The Morgan fingerprint density at radius 2 is 1.80 bits per heavy atom. The van der Waals surface area contributed by atoms with Gasteiger partial charge in [-0.15, -0.1) is 0 Å². The quantitative estimate of drug-likeness (QED) is 0.350. The summed E-state index contributed by atoms with van der Waals surface area (Å²) in [5.41, 5.74) is 8.47. The van der Waals surface area contributed by atoms with Gasteiger partial charge in [0.1, 0.15) is 11.4 Å². The van der Waals surface area contributed by atoms with Crippen molar-refractivity contribution in [3.8, 4) is 5.75 Å². The van der Waals surface area contributed by atoms with Crippen LogP contribution in [0.5, 0.6) is 5.75 Å². The molecule has 0 saturated heterocycles. The van der Waals surface area contributed by atoms with Gasteiger partial charge in [-0.2, -0.15) is 0 Å². The zero-order valence-electron chi connectivity index (χ0n) is 21.1. The fraction of sp³-hybridized carbons (Fsp3) is 0.655. The van der Waals surface area contributed by atoms with Crippen molar-refractivity contribution in [3.05, 3.63) is 51.6 Å². The second kappa shape index (κ2) is 11.2. The van der Waals surface area contributed by atoms with Crippen LogP contribution in [0.2, 0.25) is 0 Å². The highest BCUT2D eigenvalue weighted by atomic mass is 16.5. The molecule has 168 valence electrons. The van der Waals surface area contributed by atoms with E-state index in [0.29, 0.717) is 0 Å². The molecule has 2 atom stereocenters. The van der Waals surface area contributed by atoms with Gasteiger partial charge in [0.15, 0.2) is 0 Å². The Morgan fingerprint density at radius 1 is 1.07 bits per heavy atom. The molecule has 0 aromatic heterocycles. The van der Waals surface area contributed by atoms with Crippen LogP contribution >= 0.6 is 0 Å².